The molecule has 3 rings (SSSR count). The molecule has 1 amide bonds. The molecule has 1 fully saturated rings. The van der Waals surface area contributed by atoms with E-state index < -0.39 is 0 Å². The summed E-state index contributed by atoms with van der Waals surface area (Å²) in [6.07, 6.45) is 2.83. The molecular weight excluding hydrogens is 324 g/mol. The van der Waals surface area contributed by atoms with E-state index in [2.05, 4.69) is 15.3 Å². The molecule has 0 radical (unpaired) electrons. The average Bonchev–Trinajstić information content (AvgIpc) is 2.87. The van der Waals surface area contributed by atoms with Crippen molar-refractivity contribution in [1.29, 1.82) is 0 Å². The Hall–Kier alpha value is -1.73. The van der Waals surface area contributed by atoms with Crippen molar-refractivity contribution in [3.8, 4) is 0 Å². The average molecular weight is 348 g/mol. The summed E-state index contributed by atoms with van der Waals surface area (Å²) < 4.78 is 0. The first-order valence-electron chi connectivity index (χ1n) is 8.42. The van der Waals surface area contributed by atoms with Crippen molar-refractivity contribution in [2.75, 3.05) is 20.1 Å². The van der Waals surface area contributed by atoms with Gasteiger partial charge in [-0.2, -0.15) is 0 Å². The number of aromatic amines is 1. The first-order chi connectivity index (χ1) is 11.5. The maximum atomic E-state index is 12.4. The van der Waals surface area contributed by atoms with Crippen molar-refractivity contribution in [2.24, 2.45) is 0 Å². The number of hydrogen-bond donors (Lipinski definition) is 2. The molecule has 0 aromatic carbocycles. The SMILES string of the molecule is Cc1sc2nc(CCC(=O)N(C)C3CCNCC3)[nH]c(=O)c2c1C. The lowest BCUT2D eigenvalue weighted by Crippen LogP contribution is -2.44. The normalized spacial score (nSPS) is 15.8. The second kappa shape index (κ2) is 7.03. The van der Waals surface area contributed by atoms with Crippen molar-refractivity contribution in [1.82, 2.24) is 20.2 Å². The molecule has 2 N–H and O–H groups in total. The third kappa shape index (κ3) is 3.37. The van der Waals surface area contributed by atoms with Crippen LogP contribution in [0.3, 0.4) is 0 Å². The quantitative estimate of drug-likeness (QED) is 0.882. The minimum Gasteiger partial charge on any atom is -0.343 e. The number of rotatable bonds is 4. The number of hydrogen-bond acceptors (Lipinski definition) is 5. The third-order valence-corrected chi connectivity index (χ3v) is 6.01. The van der Waals surface area contributed by atoms with Gasteiger partial charge in [0.05, 0.1) is 5.39 Å². The van der Waals surface area contributed by atoms with Crippen LogP contribution in [0.5, 0.6) is 0 Å². The molecule has 7 heteroatoms. The monoisotopic (exact) mass is 348 g/mol. The highest BCUT2D eigenvalue weighted by molar-refractivity contribution is 7.18. The summed E-state index contributed by atoms with van der Waals surface area (Å²) in [7, 11) is 1.88. The van der Waals surface area contributed by atoms with Gasteiger partial charge >= 0.3 is 0 Å². The molecule has 0 unspecified atom stereocenters. The maximum Gasteiger partial charge on any atom is 0.259 e. The van der Waals surface area contributed by atoms with E-state index >= 15 is 0 Å². The van der Waals surface area contributed by atoms with Crippen LogP contribution in [0.2, 0.25) is 0 Å². The van der Waals surface area contributed by atoms with Gasteiger partial charge in [0.25, 0.3) is 5.56 Å². The molecule has 1 saturated heterocycles. The van der Waals surface area contributed by atoms with Crippen LogP contribution >= 0.6 is 11.3 Å². The predicted molar refractivity (Wildman–Crippen MR) is 96.7 cm³/mol. The molecule has 0 atom stereocenters. The zero-order chi connectivity index (χ0) is 17.3. The van der Waals surface area contributed by atoms with E-state index in [4.69, 9.17) is 0 Å². The number of thiophene rings is 1. The number of amides is 1. The largest absolute Gasteiger partial charge is 0.343 e. The fourth-order valence-electron chi connectivity index (χ4n) is 3.22. The second-order valence-corrected chi connectivity index (χ2v) is 7.67. The highest BCUT2D eigenvalue weighted by Gasteiger charge is 2.22. The van der Waals surface area contributed by atoms with Crippen LogP contribution in [-0.4, -0.2) is 47.0 Å². The number of aryl methyl sites for hydroxylation is 3. The van der Waals surface area contributed by atoms with Crippen molar-refractivity contribution < 1.29 is 4.79 Å². The van der Waals surface area contributed by atoms with E-state index in [1.165, 1.54) is 11.3 Å². The summed E-state index contributed by atoms with van der Waals surface area (Å²) >= 11 is 1.54. The fraction of sp³-hybridized carbons (Fsp3) is 0.588. The third-order valence-electron chi connectivity index (χ3n) is 4.91. The van der Waals surface area contributed by atoms with Crippen LogP contribution in [0.4, 0.5) is 0 Å². The van der Waals surface area contributed by atoms with Gasteiger partial charge in [0.1, 0.15) is 10.7 Å². The molecule has 6 nitrogen and oxygen atoms in total. The number of nitrogens with zero attached hydrogens (tertiary/aromatic N) is 2. The van der Waals surface area contributed by atoms with E-state index in [1.54, 1.807) is 0 Å². The molecule has 2 aromatic rings. The van der Waals surface area contributed by atoms with Gasteiger partial charge in [-0.05, 0) is 45.3 Å². The lowest BCUT2D eigenvalue weighted by Gasteiger charge is -2.31. The van der Waals surface area contributed by atoms with E-state index in [9.17, 15) is 9.59 Å². The second-order valence-electron chi connectivity index (χ2n) is 6.46. The van der Waals surface area contributed by atoms with E-state index in [0.29, 0.717) is 30.1 Å². The Labute approximate surface area is 145 Å². The molecule has 0 aliphatic carbocycles. The standard InChI is InChI=1S/C17H24N4O2S/c1-10-11(2)24-17-15(10)16(23)19-13(20-17)4-5-14(22)21(3)12-6-8-18-9-7-12/h12,18H,4-9H2,1-3H3,(H,19,20,23). The van der Waals surface area contributed by atoms with Crippen LogP contribution in [0.15, 0.2) is 4.79 Å². The number of piperidine rings is 1. The number of aromatic nitrogens is 2. The number of H-pyrrole nitrogens is 1. The lowest BCUT2D eigenvalue weighted by molar-refractivity contribution is -0.132. The van der Waals surface area contributed by atoms with Crippen LogP contribution < -0.4 is 10.9 Å². The van der Waals surface area contributed by atoms with Gasteiger partial charge in [-0.3, -0.25) is 9.59 Å². The Morgan fingerprint density at radius 1 is 1.33 bits per heavy atom. The van der Waals surface area contributed by atoms with Gasteiger partial charge in [-0.25, -0.2) is 4.98 Å². The van der Waals surface area contributed by atoms with Crippen molar-refractivity contribution in [3.63, 3.8) is 0 Å². The van der Waals surface area contributed by atoms with Gasteiger partial charge in [0.2, 0.25) is 5.91 Å². The Kier molecular flexibility index (Phi) is 5.01. The van der Waals surface area contributed by atoms with Crippen molar-refractivity contribution >= 4 is 27.5 Å². The molecule has 130 valence electrons. The Morgan fingerprint density at radius 2 is 2.04 bits per heavy atom. The van der Waals surface area contributed by atoms with Gasteiger partial charge in [-0.15, -0.1) is 11.3 Å². The highest BCUT2D eigenvalue weighted by Crippen LogP contribution is 2.25. The minimum atomic E-state index is -0.101. The summed E-state index contributed by atoms with van der Waals surface area (Å²) in [5, 5.41) is 3.99. The summed E-state index contributed by atoms with van der Waals surface area (Å²) in [5.41, 5.74) is 0.896. The van der Waals surface area contributed by atoms with Crippen LogP contribution in [0, 0.1) is 13.8 Å². The molecule has 3 heterocycles. The van der Waals surface area contributed by atoms with Crippen molar-refractivity contribution in [3.05, 3.63) is 26.6 Å². The van der Waals surface area contributed by atoms with E-state index in [1.807, 2.05) is 25.8 Å². The topological polar surface area (TPSA) is 78.1 Å². The predicted octanol–water partition coefficient (Wildman–Crippen LogP) is 1.74. The molecule has 2 aromatic heterocycles. The molecule has 0 saturated carbocycles. The molecule has 0 spiro atoms. The number of fused-ring (bicyclic) bond motifs is 1. The zero-order valence-corrected chi connectivity index (χ0v) is 15.3. The van der Waals surface area contributed by atoms with Gasteiger partial charge < -0.3 is 15.2 Å². The Balaban J connectivity index is 1.69. The molecule has 1 aliphatic rings. The Morgan fingerprint density at radius 3 is 2.75 bits per heavy atom. The zero-order valence-electron chi connectivity index (χ0n) is 14.4. The maximum absolute atomic E-state index is 12.4. The van der Waals surface area contributed by atoms with E-state index in [-0.39, 0.29) is 11.5 Å². The van der Waals surface area contributed by atoms with Gasteiger partial charge in [0, 0.05) is 30.8 Å². The highest BCUT2D eigenvalue weighted by atomic mass is 32.1. The molecule has 1 aliphatic heterocycles. The number of carbonyl (C=O) groups is 1. The lowest BCUT2D eigenvalue weighted by atomic mass is 10.0. The Bertz CT molecular complexity index is 805. The summed E-state index contributed by atoms with van der Waals surface area (Å²) in [6.45, 7) is 5.87. The fourth-order valence-corrected chi connectivity index (χ4v) is 4.27. The molecule has 0 bridgehead atoms. The smallest absolute Gasteiger partial charge is 0.259 e. The first kappa shape index (κ1) is 17.1. The van der Waals surface area contributed by atoms with Crippen LogP contribution in [-0.2, 0) is 11.2 Å². The summed E-state index contributed by atoms with van der Waals surface area (Å²) in [6, 6.07) is 0.316. The van der Waals surface area contributed by atoms with Gasteiger partial charge in [0.15, 0.2) is 0 Å². The summed E-state index contributed by atoms with van der Waals surface area (Å²) in [5.74, 6) is 0.712. The summed E-state index contributed by atoms with van der Waals surface area (Å²) in [4.78, 5) is 35.8. The van der Waals surface area contributed by atoms with Crippen LogP contribution in [0.1, 0.15) is 35.5 Å². The van der Waals surface area contributed by atoms with Crippen LogP contribution in [0.25, 0.3) is 10.2 Å². The van der Waals surface area contributed by atoms with E-state index in [0.717, 1.165) is 41.2 Å². The number of nitrogens with one attached hydrogen (secondary N) is 2. The van der Waals surface area contributed by atoms with Crippen molar-refractivity contribution in [2.45, 2.75) is 45.6 Å². The van der Waals surface area contributed by atoms with Gasteiger partial charge in [-0.1, -0.05) is 0 Å². The number of carbonyl (C=O) groups excluding carboxylic acids is 1. The minimum absolute atomic E-state index is 0.101. The molecule has 24 heavy (non-hydrogen) atoms. The first-order valence-corrected chi connectivity index (χ1v) is 9.24. The molecular formula is C17H24N4O2S.